The fourth-order valence-electron chi connectivity index (χ4n) is 1.79. The number of thiazole rings is 1. The monoisotopic (exact) mass is 369 g/mol. The number of hydrogen-bond acceptors (Lipinski definition) is 4. The summed E-state index contributed by atoms with van der Waals surface area (Å²) in [7, 11) is -3.76. The average Bonchev–Trinajstić information content (AvgIpc) is 2.75. The Hall–Kier alpha value is -0.330. The first-order chi connectivity index (χ1) is 9.18. The normalized spacial score (nSPS) is 12.7. The van der Waals surface area contributed by atoms with Gasteiger partial charge in [-0.15, -0.1) is 0 Å². The third-order valence-corrected chi connectivity index (χ3v) is 7.48. The second-order valence-corrected chi connectivity index (χ2v) is 9.69. The summed E-state index contributed by atoms with van der Waals surface area (Å²) >= 11 is 18.9. The van der Waals surface area contributed by atoms with Crippen LogP contribution in [-0.4, -0.2) is 13.4 Å². The molecule has 1 aromatic heterocycles. The quantitative estimate of drug-likeness (QED) is 0.778. The van der Waals surface area contributed by atoms with Crippen molar-refractivity contribution in [1.82, 2.24) is 4.98 Å². The lowest BCUT2D eigenvalue weighted by atomic mass is 10.0. The number of aromatic nitrogens is 1. The Morgan fingerprint density at radius 3 is 2.15 bits per heavy atom. The molecule has 0 aliphatic rings. The zero-order chi connectivity index (χ0) is 15.1. The summed E-state index contributed by atoms with van der Waals surface area (Å²) < 4.78 is 24.4. The third kappa shape index (κ3) is 2.57. The second-order valence-electron chi connectivity index (χ2n) is 4.54. The molecule has 0 bridgehead atoms. The maximum Gasteiger partial charge on any atom is 0.214 e. The van der Waals surface area contributed by atoms with E-state index < -0.39 is 14.6 Å². The van der Waals surface area contributed by atoms with Crippen molar-refractivity contribution in [1.29, 1.82) is 0 Å². The summed E-state index contributed by atoms with van der Waals surface area (Å²) in [6.07, 6.45) is 1.31. The lowest BCUT2D eigenvalue weighted by Gasteiger charge is -2.26. The highest BCUT2D eigenvalue weighted by Gasteiger charge is 2.42. The molecule has 108 valence electrons. The fraction of sp³-hybridized carbons (Fsp3) is 0.250. The van der Waals surface area contributed by atoms with Gasteiger partial charge in [-0.3, -0.25) is 0 Å². The first-order valence-corrected chi connectivity index (χ1v) is 8.91. The van der Waals surface area contributed by atoms with Crippen LogP contribution in [0.5, 0.6) is 0 Å². The van der Waals surface area contributed by atoms with Crippen molar-refractivity contribution in [3.05, 3.63) is 44.3 Å². The molecule has 0 unspecified atom stereocenters. The van der Waals surface area contributed by atoms with E-state index in [1.54, 1.807) is 32.0 Å². The van der Waals surface area contributed by atoms with Gasteiger partial charge in [-0.2, -0.15) is 0 Å². The number of rotatable bonds is 3. The molecular weight excluding hydrogens is 361 g/mol. The van der Waals surface area contributed by atoms with E-state index in [4.69, 9.17) is 34.8 Å². The van der Waals surface area contributed by atoms with Gasteiger partial charge in [0.2, 0.25) is 14.2 Å². The largest absolute Gasteiger partial charge is 0.232 e. The molecule has 2 rings (SSSR count). The van der Waals surface area contributed by atoms with Crippen LogP contribution in [0.3, 0.4) is 0 Å². The number of halogens is 3. The van der Waals surface area contributed by atoms with Gasteiger partial charge in [-0.25, -0.2) is 13.4 Å². The van der Waals surface area contributed by atoms with E-state index in [1.807, 2.05) is 0 Å². The minimum absolute atomic E-state index is 0.0523. The molecule has 0 N–H and O–H groups in total. The van der Waals surface area contributed by atoms with Crippen molar-refractivity contribution >= 4 is 56.0 Å². The van der Waals surface area contributed by atoms with Crippen molar-refractivity contribution in [2.24, 2.45) is 0 Å². The molecule has 8 heteroatoms. The van der Waals surface area contributed by atoms with E-state index in [9.17, 15) is 8.42 Å². The van der Waals surface area contributed by atoms with Crippen molar-refractivity contribution in [2.75, 3.05) is 0 Å². The molecular formula is C12H10Cl3NO2S2. The Balaban J connectivity index is 2.66. The predicted octanol–water partition coefficient (Wildman–Crippen LogP) is 4.81. The van der Waals surface area contributed by atoms with Crippen molar-refractivity contribution in [2.45, 2.75) is 22.9 Å². The van der Waals surface area contributed by atoms with Gasteiger partial charge in [0.25, 0.3) is 0 Å². The highest BCUT2D eigenvalue weighted by Crippen LogP contribution is 2.43. The van der Waals surface area contributed by atoms with Crippen molar-refractivity contribution in [3.63, 3.8) is 0 Å². The van der Waals surface area contributed by atoms with Crippen LogP contribution in [0.15, 0.2) is 28.7 Å². The Morgan fingerprint density at radius 1 is 1.15 bits per heavy atom. The van der Waals surface area contributed by atoms with Crippen LogP contribution in [0.25, 0.3) is 0 Å². The maximum absolute atomic E-state index is 12.7. The molecule has 0 aliphatic heterocycles. The number of benzene rings is 1. The maximum atomic E-state index is 12.7. The molecule has 0 saturated carbocycles. The van der Waals surface area contributed by atoms with Crippen LogP contribution >= 0.6 is 46.1 Å². The summed E-state index contributed by atoms with van der Waals surface area (Å²) in [6, 6.07) is 4.88. The molecule has 0 fully saturated rings. The zero-order valence-electron chi connectivity index (χ0n) is 10.5. The minimum atomic E-state index is -3.76. The van der Waals surface area contributed by atoms with Gasteiger partial charge in [0, 0.05) is 15.6 Å². The van der Waals surface area contributed by atoms with Crippen LogP contribution < -0.4 is 0 Å². The third-order valence-electron chi connectivity index (χ3n) is 2.92. The Labute approximate surface area is 136 Å². The topological polar surface area (TPSA) is 47.0 Å². The smallest absolute Gasteiger partial charge is 0.214 e. The second kappa shape index (κ2) is 5.46. The van der Waals surface area contributed by atoms with E-state index in [1.165, 1.54) is 6.20 Å². The Bertz CT molecular complexity index is 734. The SMILES string of the molecule is CC(C)(c1c(Cl)cccc1Cl)S(=O)(=O)c1ncc(Cl)s1. The van der Waals surface area contributed by atoms with E-state index in [0.717, 1.165) is 11.3 Å². The van der Waals surface area contributed by atoms with Gasteiger partial charge >= 0.3 is 0 Å². The Morgan fingerprint density at radius 2 is 1.70 bits per heavy atom. The van der Waals surface area contributed by atoms with Crippen molar-refractivity contribution < 1.29 is 8.42 Å². The molecule has 1 heterocycles. The molecule has 0 aliphatic carbocycles. The molecule has 2 aromatic rings. The number of hydrogen-bond donors (Lipinski definition) is 0. The average molecular weight is 371 g/mol. The summed E-state index contributed by atoms with van der Waals surface area (Å²) in [6.45, 7) is 3.09. The molecule has 0 spiro atoms. The van der Waals surface area contributed by atoms with Gasteiger partial charge in [-0.05, 0) is 26.0 Å². The van der Waals surface area contributed by atoms with E-state index >= 15 is 0 Å². The summed E-state index contributed by atoms with van der Waals surface area (Å²) in [5.74, 6) is 0. The Kier molecular flexibility index (Phi) is 4.38. The predicted molar refractivity (Wildman–Crippen MR) is 83.8 cm³/mol. The molecule has 0 atom stereocenters. The molecule has 0 saturated heterocycles. The molecule has 20 heavy (non-hydrogen) atoms. The molecule has 0 radical (unpaired) electrons. The first-order valence-electron chi connectivity index (χ1n) is 5.48. The van der Waals surface area contributed by atoms with E-state index in [0.29, 0.717) is 19.9 Å². The molecule has 0 amide bonds. The summed E-state index contributed by atoms with van der Waals surface area (Å²) in [5.41, 5.74) is 0.356. The minimum Gasteiger partial charge on any atom is -0.232 e. The van der Waals surface area contributed by atoms with Gasteiger partial charge in [0.1, 0.15) is 9.08 Å². The van der Waals surface area contributed by atoms with E-state index in [2.05, 4.69) is 4.98 Å². The summed E-state index contributed by atoms with van der Waals surface area (Å²) in [4.78, 5) is 3.85. The lowest BCUT2D eigenvalue weighted by molar-refractivity contribution is 0.554. The van der Waals surface area contributed by atoms with Crippen LogP contribution in [0.1, 0.15) is 19.4 Å². The van der Waals surface area contributed by atoms with Crippen LogP contribution in [0.2, 0.25) is 14.4 Å². The van der Waals surface area contributed by atoms with Crippen LogP contribution in [0, 0.1) is 0 Å². The van der Waals surface area contributed by atoms with Gasteiger partial charge in [0.15, 0.2) is 0 Å². The van der Waals surface area contributed by atoms with Crippen LogP contribution in [0.4, 0.5) is 0 Å². The number of sulfone groups is 1. The standard InChI is InChI=1S/C12H10Cl3NO2S2/c1-12(2,10-7(13)4-3-5-8(10)14)20(17,18)11-16-6-9(15)19-11/h3-6H,1-2H3. The fourth-order valence-corrected chi connectivity index (χ4v) is 6.00. The number of nitrogens with zero attached hydrogens (tertiary/aromatic N) is 1. The van der Waals surface area contributed by atoms with Gasteiger partial charge < -0.3 is 0 Å². The molecule has 1 aromatic carbocycles. The first kappa shape index (κ1) is 16.0. The lowest BCUT2D eigenvalue weighted by Crippen LogP contribution is -2.30. The molecule has 3 nitrogen and oxygen atoms in total. The summed E-state index contributed by atoms with van der Waals surface area (Å²) in [5, 5.41) is 0.599. The van der Waals surface area contributed by atoms with Crippen LogP contribution in [-0.2, 0) is 14.6 Å². The van der Waals surface area contributed by atoms with E-state index in [-0.39, 0.29) is 4.34 Å². The van der Waals surface area contributed by atoms with Gasteiger partial charge in [-0.1, -0.05) is 52.2 Å². The van der Waals surface area contributed by atoms with Crippen molar-refractivity contribution in [3.8, 4) is 0 Å². The van der Waals surface area contributed by atoms with Gasteiger partial charge in [0.05, 0.1) is 6.20 Å². The zero-order valence-corrected chi connectivity index (χ0v) is 14.4. The highest BCUT2D eigenvalue weighted by atomic mass is 35.5. The highest BCUT2D eigenvalue weighted by molar-refractivity contribution is 7.94.